The number of aromatic nitrogens is 1. The number of aromatic hydroxyl groups is 1. The summed E-state index contributed by atoms with van der Waals surface area (Å²) in [5.74, 6) is -0.970. The Labute approximate surface area is 204 Å². The first-order chi connectivity index (χ1) is 15.8. The number of carbonyl (C=O) groups is 3. The number of hydrogen-bond donors (Lipinski definition) is 1. The van der Waals surface area contributed by atoms with E-state index in [1.54, 1.807) is 76.4 Å². The molecule has 0 unspecified atom stereocenters. The zero-order valence-corrected chi connectivity index (χ0v) is 21.1. The van der Waals surface area contributed by atoms with E-state index in [9.17, 15) is 19.5 Å². The average molecular weight is 484 g/mol. The van der Waals surface area contributed by atoms with E-state index in [-0.39, 0.29) is 36.0 Å². The van der Waals surface area contributed by atoms with Crippen molar-refractivity contribution in [3.8, 4) is 5.75 Å². The molecule has 2 aromatic heterocycles. The lowest BCUT2D eigenvalue weighted by Crippen LogP contribution is -2.31. The Morgan fingerprint density at radius 3 is 2.21 bits per heavy atom. The molecule has 0 aliphatic rings. The lowest BCUT2D eigenvalue weighted by Gasteiger charge is -2.24. The molecule has 2 heterocycles. The summed E-state index contributed by atoms with van der Waals surface area (Å²) in [5.41, 5.74) is 0.0550. The Morgan fingerprint density at radius 2 is 1.65 bits per heavy atom. The number of ketones is 2. The average Bonchev–Trinajstić information content (AvgIpc) is 3.04. The van der Waals surface area contributed by atoms with Crippen LogP contribution in [0, 0.1) is 10.8 Å². The number of ether oxygens (including phenoxy) is 1. The van der Waals surface area contributed by atoms with Gasteiger partial charge in [0.1, 0.15) is 5.75 Å². The molecular formula is C27H30ClNO5. The highest BCUT2D eigenvalue weighted by molar-refractivity contribution is 6.30. The van der Waals surface area contributed by atoms with Gasteiger partial charge in [-0.05, 0) is 63.1 Å². The standard InChI is InChI=1S/C27H30ClNO5/c1-7-34-25(33)27(5,6)15-19-21(24(32)26(2,3)4)20-14-18(30)12-13-29(20)22(19)23(31)16-8-10-17(28)11-9-16/h8-14,30H,7,15H2,1-6H3. The van der Waals surface area contributed by atoms with E-state index in [0.717, 1.165) is 0 Å². The predicted octanol–water partition coefficient (Wildman–Crippen LogP) is 5.89. The maximum absolute atomic E-state index is 13.8. The number of Topliss-reactive ketones (excluding diaryl/α,β-unsaturated/α-hetero) is 1. The third-order valence-corrected chi connectivity index (χ3v) is 5.95. The highest BCUT2D eigenvalue weighted by Crippen LogP contribution is 2.37. The van der Waals surface area contributed by atoms with Crippen molar-refractivity contribution in [2.24, 2.45) is 10.8 Å². The smallest absolute Gasteiger partial charge is 0.311 e. The number of pyridine rings is 1. The number of nitrogens with zero attached hydrogens (tertiary/aromatic N) is 1. The molecular weight excluding hydrogens is 454 g/mol. The second kappa shape index (κ2) is 9.26. The first kappa shape index (κ1) is 25.5. The van der Waals surface area contributed by atoms with Gasteiger partial charge in [0.15, 0.2) is 5.78 Å². The molecule has 0 saturated heterocycles. The normalized spacial score (nSPS) is 12.1. The number of rotatable bonds is 7. The molecule has 0 saturated carbocycles. The number of hydrogen-bond acceptors (Lipinski definition) is 5. The van der Waals surface area contributed by atoms with Gasteiger partial charge in [-0.2, -0.15) is 0 Å². The van der Waals surface area contributed by atoms with Crippen molar-refractivity contribution in [3.63, 3.8) is 0 Å². The lowest BCUT2D eigenvalue weighted by atomic mass is 9.79. The van der Waals surface area contributed by atoms with E-state index < -0.39 is 16.8 Å². The number of esters is 1. The number of benzene rings is 1. The van der Waals surface area contributed by atoms with Gasteiger partial charge in [0.05, 0.1) is 23.2 Å². The molecule has 0 aliphatic heterocycles. The minimum absolute atomic E-state index is 0.0327. The minimum atomic E-state index is -1.01. The maximum atomic E-state index is 13.8. The molecule has 1 aromatic carbocycles. The van der Waals surface area contributed by atoms with Crippen molar-refractivity contribution in [2.45, 2.75) is 48.0 Å². The molecule has 180 valence electrons. The molecule has 0 bridgehead atoms. The fourth-order valence-corrected chi connectivity index (χ4v) is 4.05. The second-order valence-electron chi connectivity index (χ2n) is 10.0. The van der Waals surface area contributed by atoms with Crippen LogP contribution in [0.3, 0.4) is 0 Å². The Kier molecular flexibility index (Phi) is 6.94. The van der Waals surface area contributed by atoms with Crippen molar-refractivity contribution in [2.75, 3.05) is 6.61 Å². The van der Waals surface area contributed by atoms with Gasteiger partial charge in [-0.1, -0.05) is 32.4 Å². The largest absolute Gasteiger partial charge is 0.508 e. The Hall–Kier alpha value is -3.12. The first-order valence-corrected chi connectivity index (χ1v) is 11.5. The Morgan fingerprint density at radius 1 is 1.03 bits per heavy atom. The molecule has 3 aromatic rings. The molecule has 0 atom stereocenters. The van der Waals surface area contributed by atoms with Gasteiger partial charge in [-0.15, -0.1) is 0 Å². The quantitative estimate of drug-likeness (QED) is 0.334. The highest BCUT2D eigenvalue weighted by Gasteiger charge is 2.38. The maximum Gasteiger partial charge on any atom is 0.311 e. The summed E-state index contributed by atoms with van der Waals surface area (Å²) in [7, 11) is 0. The summed E-state index contributed by atoms with van der Waals surface area (Å²) in [6.45, 7) is 10.8. The lowest BCUT2D eigenvalue weighted by molar-refractivity contribution is -0.153. The van der Waals surface area contributed by atoms with Gasteiger partial charge in [0, 0.05) is 33.8 Å². The molecule has 1 N–H and O–H groups in total. The van der Waals surface area contributed by atoms with Crippen LogP contribution in [0.2, 0.25) is 5.02 Å². The van der Waals surface area contributed by atoms with Crippen LogP contribution in [0.1, 0.15) is 73.5 Å². The molecule has 34 heavy (non-hydrogen) atoms. The van der Waals surface area contributed by atoms with Crippen LogP contribution in [-0.2, 0) is 16.0 Å². The highest BCUT2D eigenvalue weighted by atomic mass is 35.5. The molecule has 0 radical (unpaired) electrons. The summed E-state index contributed by atoms with van der Waals surface area (Å²) in [4.78, 5) is 40.2. The summed E-state index contributed by atoms with van der Waals surface area (Å²) in [6.07, 6.45) is 1.66. The molecule has 3 rings (SSSR count). The van der Waals surface area contributed by atoms with E-state index in [0.29, 0.717) is 27.2 Å². The van der Waals surface area contributed by atoms with Crippen molar-refractivity contribution >= 4 is 34.7 Å². The van der Waals surface area contributed by atoms with Crippen molar-refractivity contribution in [1.82, 2.24) is 4.40 Å². The van der Waals surface area contributed by atoms with Crippen LogP contribution in [0.5, 0.6) is 5.75 Å². The van der Waals surface area contributed by atoms with Gasteiger partial charge in [-0.3, -0.25) is 14.4 Å². The molecule has 7 heteroatoms. The molecule has 0 amide bonds. The SMILES string of the molecule is CCOC(=O)C(C)(C)Cc1c(C(=O)C(C)(C)C)c2cc(O)ccn2c1C(=O)c1ccc(Cl)cc1. The van der Waals surface area contributed by atoms with E-state index in [4.69, 9.17) is 16.3 Å². The molecule has 0 spiro atoms. The minimum Gasteiger partial charge on any atom is -0.508 e. The summed E-state index contributed by atoms with van der Waals surface area (Å²) in [5, 5.41) is 10.7. The third kappa shape index (κ3) is 4.87. The zero-order valence-electron chi connectivity index (χ0n) is 20.4. The topological polar surface area (TPSA) is 85.1 Å². The predicted molar refractivity (Wildman–Crippen MR) is 132 cm³/mol. The van der Waals surface area contributed by atoms with Crippen LogP contribution in [0.4, 0.5) is 0 Å². The van der Waals surface area contributed by atoms with Gasteiger partial charge in [0.2, 0.25) is 5.78 Å². The molecule has 6 nitrogen and oxygen atoms in total. The monoisotopic (exact) mass is 483 g/mol. The molecule has 0 aliphatic carbocycles. The van der Waals surface area contributed by atoms with E-state index >= 15 is 0 Å². The number of carbonyl (C=O) groups excluding carboxylic acids is 3. The van der Waals surface area contributed by atoms with Crippen molar-refractivity contribution in [1.29, 1.82) is 0 Å². The summed E-state index contributed by atoms with van der Waals surface area (Å²) in [6, 6.07) is 9.42. The van der Waals surface area contributed by atoms with E-state index in [1.807, 2.05) is 0 Å². The van der Waals surface area contributed by atoms with Gasteiger partial charge in [0.25, 0.3) is 0 Å². The van der Waals surface area contributed by atoms with Crippen molar-refractivity contribution < 1.29 is 24.2 Å². The Bertz CT molecular complexity index is 1260. The van der Waals surface area contributed by atoms with Crippen LogP contribution >= 0.6 is 11.6 Å². The zero-order chi connectivity index (χ0) is 25.4. The van der Waals surface area contributed by atoms with E-state index in [1.165, 1.54) is 12.1 Å². The van der Waals surface area contributed by atoms with Crippen LogP contribution in [-0.4, -0.2) is 33.6 Å². The van der Waals surface area contributed by atoms with E-state index in [2.05, 4.69) is 0 Å². The third-order valence-electron chi connectivity index (χ3n) is 5.70. The Balaban J connectivity index is 2.38. The van der Waals surface area contributed by atoms with Crippen LogP contribution in [0.25, 0.3) is 5.52 Å². The van der Waals surface area contributed by atoms with Gasteiger partial charge >= 0.3 is 5.97 Å². The summed E-state index contributed by atoms with van der Waals surface area (Å²) < 4.78 is 6.88. The van der Waals surface area contributed by atoms with Crippen LogP contribution < -0.4 is 0 Å². The fraction of sp³-hybridized carbons (Fsp3) is 0.370. The van der Waals surface area contributed by atoms with Gasteiger partial charge in [-0.25, -0.2) is 0 Å². The summed E-state index contributed by atoms with van der Waals surface area (Å²) >= 11 is 6.01. The number of fused-ring (bicyclic) bond motifs is 1. The first-order valence-electron chi connectivity index (χ1n) is 11.2. The van der Waals surface area contributed by atoms with Crippen molar-refractivity contribution in [3.05, 3.63) is 70.0 Å². The number of halogens is 1. The van der Waals surface area contributed by atoms with Gasteiger partial charge < -0.3 is 14.2 Å². The molecule has 0 fully saturated rings. The fourth-order valence-electron chi connectivity index (χ4n) is 3.92. The second-order valence-corrected chi connectivity index (χ2v) is 10.5. The van der Waals surface area contributed by atoms with Crippen LogP contribution in [0.15, 0.2) is 42.6 Å².